The van der Waals surface area contributed by atoms with Gasteiger partial charge in [0, 0.05) is 7.11 Å². The van der Waals surface area contributed by atoms with Gasteiger partial charge in [0.05, 0.1) is 24.9 Å². The number of aliphatic carboxylic acids is 1. The first kappa shape index (κ1) is 13.9. The van der Waals surface area contributed by atoms with Crippen LogP contribution in [0.15, 0.2) is 23.8 Å². The van der Waals surface area contributed by atoms with E-state index in [0.717, 1.165) is 0 Å². The van der Waals surface area contributed by atoms with Gasteiger partial charge in [0.1, 0.15) is 0 Å². The molecule has 0 aliphatic carbocycles. The molecule has 0 aromatic rings. The average Bonchev–Trinajstić information content (AvgIpc) is 2.18. The minimum atomic E-state index is -0.960. The van der Waals surface area contributed by atoms with Crippen molar-refractivity contribution < 1.29 is 19.4 Å². The molecule has 0 saturated heterocycles. The van der Waals surface area contributed by atoms with Crippen LogP contribution in [0.4, 0.5) is 0 Å². The van der Waals surface area contributed by atoms with E-state index in [1.54, 1.807) is 32.3 Å². The summed E-state index contributed by atoms with van der Waals surface area (Å²) in [6.45, 7) is 4.38. The summed E-state index contributed by atoms with van der Waals surface area (Å²) < 4.78 is 10.1. The van der Waals surface area contributed by atoms with Crippen LogP contribution >= 0.6 is 0 Å². The van der Waals surface area contributed by atoms with E-state index in [0.29, 0.717) is 13.2 Å². The Morgan fingerprint density at radius 3 is 2.60 bits per heavy atom. The molecule has 0 radical (unpaired) electrons. The number of rotatable bonds is 7. The Labute approximate surface area is 90.2 Å². The van der Waals surface area contributed by atoms with Crippen LogP contribution in [0.25, 0.3) is 0 Å². The normalized spacial score (nSPS) is 14.5. The summed E-state index contributed by atoms with van der Waals surface area (Å²) in [5.74, 6) is -0.960. The molecule has 4 nitrogen and oxygen atoms in total. The van der Waals surface area contributed by atoms with Gasteiger partial charge >= 0.3 is 5.97 Å². The van der Waals surface area contributed by atoms with Gasteiger partial charge in [-0.2, -0.15) is 0 Å². The van der Waals surface area contributed by atoms with Crippen LogP contribution < -0.4 is 0 Å². The number of hydrogen-bond acceptors (Lipinski definition) is 3. The van der Waals surface area contributed by atoms with E-state index in [1.165, 1.54) is 0 Å². The second-order valence-corrected chi connectivity index (χ2v) is 2.96. The Kier molecular flexibility index (Phi) is 7.58. The average molecular weight is 214 g/mol. The molecular weight excluding hydrogens is 196 g/mol. The van der Waals surface area contributed by atoms with E-state index in [-0.39, 0.29) is 5.57 Å². The van der Waals surface area contributed by atoms with Gasteiger partial charge in [0.25, 0.3) is 0 Å². The van der Waals surface area contributed by atoms with E-state index in [2.05, 4.69) is 0 Å². The molecule has 0 fully saturated rings. The first-order chi connectivity index (χ1) is 7.13. The molecule has 0 heterocycles. The van der Waals surface area contributed by atoms with Crippen molar-refractivity contribution >= 4 is 5.97 Å². The standard InChI is InChI=1S/C11H18O4/c1-4-5-6-10(11(12)13)9(2)15-8-7-14-3/h4-6,9H,7-8H2,1-3H3,(H,12,13). The minimum absolute atomic E-state index is 0.240. The van der Waals surface area contributed by atoms with Gasteiger partial charge in [-0.05, 0) is 19.9 Å². The van der Waals surface area contributed by atoms with Crippen molar-refractivity contribution in [3.8, 4) is 0 Å². The first-order valence-corrected chi connectivity index (χ1v) is 4.80. The monoisotopic (exact) mass is 214 g/mol. The van der Waals surface area contributed by atoms with Gasteiger partial charge in [-0.1, -0.05) is 12.2 Å². The second kappa shape index (κ2) is 8.20. The Morgan fingerprint density at radius 2 is 2.13 bits per heavy atom. The van der Waals surface area contributed by atoms with Gasteiger partial charge in [-0.15, -0.1) is 0 Å². The number of ether oxygens (including phenoxy) is 2. The Morgan fingerprint density at radius 1 is 1.47 bits per heavy atom. The zero-order chi connectivity index (χ0) is 11.7. The maximum absolute atomic E-state index is 10.9. The molecule has 1 atom stereocenters. The lowest BCUT2D eigenvalue weighted by molar-refractivity contribution is -0.134. The van der Waals surface area contributed by atoms with Gasteiger partial charge < -0.3 is 14.6 Å². The van der Waals surface area contributed by atoms with Crippen LogP contribution in [0.5, 0.6) is 0 Å². The van der Waals surface area contributed by atoms with Crippen molar-refractivity contribution in [2.24, 2.45) is 0 Å². The van der Waals surface area contributed by atoms with Crippen LogP contribution in [0.2, 0.25) is 0 Å². The molecular formula is C11H18O4. The highest BCUT2D eigenvalue weighted by Gasteiger charge is 2.15. The molecule has 15 heavy (non-hydrogen) atoms. The third-order valence-electron chi connectivity index (χ3n) is 1.81. The van der Waals surface area contributed by atoms with Gasteiger partial charge in [-0.25, -0.2) is 4.79 Å². The van der Waals surface area contributed by atoms with Crippen LogP contribution in [0.1, 0.15) is 13.8 Å². The fraction of sp³-hybridized carbons (Fsp3) is 0.545. The fourth-order valence-corrected chi connectivity index (χ4v) is 0.979. The highest BCUT2D eigenvalue weighted by Crippen LogP contribution is 2.07. The van der Waals surface area contributed by atoms with Crippen molar-refractivity contribution in [2.45, 2.75) is 20.0 Å². The van der Waals surface area contributed by atoms with Crippen molar-refractivity contribution in [3.05, 3.63) is 23.8 Å². The summed E-state index contributed by atoms with van der Waals surface area (Å²) in [6.07, 6.45) is 4.55. The zero-order valence-electron chi connectivity index (χ0n) is 9.40. The lowest BCUT2D eigenvalue weighted by Crippen LogP contribution is -2.20. The van der Waals surface area contributed by atoms with Crippen LogP contribution in [-0.2, 0) is 14.3 Å². The zero-order valence-corrected chi connectivity index (χ0v) is 9.40. The SMILES string of the molecule is CC=CC=C(C(=O)O)C(C)OCCOC. The molecule has 0 aliphatic heterocycles. The van der Waals surface area contributed by atoms with E-state index in [1.807, 2.05) is 6.92 Å². The van der Waals surface area contributed by atoms with Crippen molar-refractivity contribution in [1.82, 2.24) is 0 Å². The number of hydrogen-bond donors (Lipinski definition) is 1. The minimum Gasteiger partial charge on any atom is -0.478 e. The van der Waals surface area contributed by atoms with Gasteiger partial charge in [0.2, 0.25) is 0 Å². The summed E-state index contributed by atoms with van der Waals surface area (Å²) in [6, 6.07) is 0. The van der Waals surface area contributed by atoms with E-state index < -0.39 is 12.1 Å². The molecule has 0 bridgehead atoms. The third kappa shape index (κ3) is 6.04. The van der Waals surface area contributed by atoms with Crippen LogP contribution in [-0.4, -0.2) is 37.5 Å². The summed E-state index contributed by atoms with van der Waals surface area (Å²) in [4.78, 5) is 10.9. The lowest BCUT2D eigenvalue weighted by atomic mass is 10.1. The first-order valence-electron chi connectivity index (χ1n) is 4.80. The van der Waals surface area contributed by atoms with E-state index in [4.69, 9.17) is 14.6 Å². The molecule has 1 unspecified atom stereocenters. The Hall–Kier alpha value is -1.13. The number of methoxy groups -OCH3 is 1. The number of carboxylic acids is 1. The second-order valence-electron chi connectivity index (χ2n) is 2.96. The molecule has 86 valence electrons. The number of carbonyl (C=O) groups is 1. The number of allylic oxidation sites excluding steroid dienone is 3. The smallest absolute Gasteiger partial charge is 0.334 e. The summed E-state index contributed by atoms with van der Waals surface area (Å²) in [7, 11) is 1.57. The summed E-state index contributed by atoms with van der Waals surface area (Å²) >= 11 is 0. The molecule has 0 saturated carbocycles. The third-order valence-corrected chi connectivity index (χ3v) is 1.81. The van der Waals surface area contributed by atoms with E-state index in [9.17, 15) is 4.79 Å². The predicted molar refractivity (Wildman–Crippen MR) is 57.8 cm³/mol. The van der Waals surface area contributed by atoms with Crippen LogP contribution in [0, 0.1) is 0 Å². The summed E-state index contributed by atoms with van der Waals surface area (Å²) in [5, 5.41) is 8.91. The molecule has 1 N–H and O–H groups in total. The quantitative estimate of drug-likeness (QED) is 0.397. The summed E-state index contributed by atoms with van der Waals surface area (Å²) in [5.41, 5.74) is 0.240. The maximum Gasteiger partial charge on any atom is 0.334 e. The molecule has 0 spiro atoms. The van der Waals surface area contributed by atoms with Crippen molar-refractivity contribution in [3.63, 3.8) is 0 Å². The van der Waals surface area contributed by atoms with Crippen molar-refractivity contribution in [2.75, 3.05) is 20.3 Å². The predicted octanol–water partition coefficient (Wildman–Crippen LogP) is 1.62. The molecule has 0 aromatic carbocycles. The molecule has 0 aromatic heterocycles. The lowest BCUT2D eigenvalue weighted by Gasteiger charge is -2.13. The maximum atomic E-state index is 10.9. The largest absolute Gasteiger partial charge is 0.478 e. The molecule has 4 heteroatoms. The Balaban J connectivity index is 4.30. The molecule has 0 rings (SSSR count). The van der Waals surface area contributed by atoms with Crippen molar-refractivity contribution in [1.29, 1.82) is 0 Å². The van der Waals surface area contributed by atoms with E-state index >= 15 is 0 Å². The van der Waals surface area contributed by atoms with Gasteiger partial charge in [0.15, 0.2) is 0 Å². The topological polar surface area (TPSA) is 55.8 Å². The highest BCUT2D eigenvalue weighted by atomic mass is 16.5. The van der Waals surface area contributed by atoms with Crippen LogP contribution in [0.3, 0.4) is 0 Å². The highest BCUT2D eigenvalue weighted by molar-refractivity contribution is 5.88. The Bertz CT molecular complexity index is 243. The molecule has 0 amide bonds. The van der Waals surface area contributed by atoms with Gasteiger partial charge in [-0.3, -0.25) is 0 Å². The fourth-order valence-electron chi connectivity index (χ4n) is 0.979. The number of carboxylic acid groups (broad SMARTS) is 1. The molecule has 0 aliphatic rings.